The molecule has 1 aromatic heterocycles. The van der Waals surface area contributed by atoms with Crippen LogP contribution in [0.2, 0.25) is 5.15 Å². The minimum absolute atomic E-state index is 0.00559. The second-order valence-electron chi connectivity index (χ2n) is 5.44. The highest BCUT2D eigenvalue weighted by atomic mass is 35.5. The lowest BCUT2D eigenvalue weighted by molar-refractivity contribution is 0.101. The molecule has 1 amide bonds. The fourth-order valence-corrected chi connectivity index (χ4v) is 4.58. The molecule has 2 heterocycles. The molecule has 0 aliphatic carbocycles. The molecule has 124 valence electrons. The Labute approximate surface area is 149 Å². The molecule has 2 aromatic carbocycles. The molecule has 0 atom stereocenters. The van der Waals surface area contributed by atoms with Crippen molar-refractivity contribution in [3.05, 3.63) is 77.4 Å². The van der Waals surface area contributed by atoms with Crippen LogP contribution in [0.25, 0.3) is 11.3 Å². The predicted molar refractivity (Wildman–Crippen MR) is 95.1 cm³/mol. The van der Waals surface area contributed by atoms with Crippen molar-refractivity contribution in [2.75, 3.05) is 4.31 Å². The van der Waals surface area contributed by atoms with Gasteiger partial charge in [-0.2, -0.15) is 4.31 Å². The summed E-state index contributed by atoms with van der Waals surface area (Å²) in [5, 5.41) is 0.212. The van der Waals surface area contributed by atoms with E-state index in [1.165, 1.54) is 24.3 Å². The molecule has 0 spiro atoms. The van der Waals surface area contributed by atoms with Crippen molar-refractivity contribution < 1.29 is 13.2 Å². The van der Waals surface area contributed by atoms with Crippen LogP contribution in [0, 0.1) is 0 Å². The highest BCUT2D eigenvalue weighted by molar-refractivity contribution is 7.94. The van der Waals surface area contributed by atoms with E-state index in [2.05, 4.69) is 4.98 Å². The van der Waals surface area contributed by atoms with Crippen molar-refractivity contribution in [2.45, 2.75) is 4.90 Å². The fourth-order valence-electron chi connectivity index (χ4n) is 2.82. The van der Waals surface area contributed by atoms with E-state index in [1.54, 1.807) is 36.4 Å². The number of carbonyl (C=O) groups excluding carboxylic acids is 1. The van der Waals surface area contributed by atoms with Crippen LogP contribution < -0.4 is 4.31 Å². The third-order valence-electron chi connectivity index (χ3n) is 3.93. The zero-order valence-electron chi connectivity index (χ0n) is 12.8. The molecule has 0 N–H and O–H groups in total. The van der Waals surface area contributed by atoms with Crippen LogP contribution >= 0.6 is 11.6 Å². The maximum atomic E-state index is 12.9. The largest absolute Gasteiger partial charge is 0.273 e. The second kappa shape index (κ2) is 5.68. The Balaban J connectivity index is 1.97. The molecule has 7 heteroatoms. The van der Waals surface area contributed by atoms with Gasteiger partial charge in [0.05, 0.1) is 16.9 Å². The van der Waals surface area contributed by atoms with Gasteiger partial charge in [0.25, 0.3) is 15.9 Å². The summed E-state index contributed by atoms with van der Waals surface area (Å²) < 4.78 is 26.6. The number of hydrogen-bond donors (Lipinski definition) is 0. The molecule has 1 aliphatic heterocycles. The lowest BCUT2D eigenvalue weighted by Gasteiger charge is -2.18. The number of rotatable bonds is 2. The van der Waals surface area contributed by atoms with Gasteiger partial charge in [0, 0.05) is 5.56 Å². The number of carbonyl (C=O) groups is 1. The topological polar surface area (TPSA) is 67.3 Å². The first kappa shape index (κ1) is 15.8. The number of benzene rings is 2. The third-order valence-corrected chi connectivity index (χ3v) is 5.89. The number of amides is 1. The molecule has 0 unspecified atom stereocenters. The van der Waals surface area contributed by atoms with E-state index in [4.69, 9.17) is 11.6 Å². The summed E-state index contributed by atoms with van der Waals surface area (Å²) in [5.41, 5.74) is 1.32. The lowest BCUT2D eigenvalue weighted by atomic mass is 10.1. The van der Waals surface area contributed by atoms with Crippen molar-refractivity contribution in [2.24, 2.45) is 0 Å². The van der Waals surface area contributed by atoms with Crippen molar-refractivity contribution in [3.63, 3.8) is 0 Å². The van der Waals surface area contributed by atoms with Crippen LogP contribution in [0.5, 0.6) is 0 Å². The zero-order valence-corrected chi connectivity index (χ0v) is 14.3. The number of nitrogens with zero attached hydrogens (tertiary/aromatic N) is 2. The van der Waals surface area contributed by atoms with Gasteiger partial charge in [-0.25, -0.2) is 13.4 Å². The molecule has 5 nitrogen and oxygen atoms in total. The number of fused-ring (bicyclic) bond motifs is 1. The fraction of sp³-hybridized carbons (Fsp3) is 0. The molecular weight excluding hydrogens is 360 g/mol. The Morgan fingerprint density at radius 1 is 0.880 bits per heavy atom. The van der Waals surface area contributed by atoms with Crippen molar-refractivity contribution >= 4 is 33.2 Å². The van der Waals surface area contributed by atoms with Crippen LogP contribution in [0.3, 0.4) is 0 Å². The van der Waals surface area contributed by atoms with E-state index in [0.29, 0.717) is 11.3 Å². The maximum absolute atomic E-state index is 12.9. The van der Waals surface area contributed by atoms with E-state index in [-0.39, 0.29) is 21.3 Å². The molecule has 0 fully saturated rings. The number of aromatic nitrogens is 1. The smallest absolute Gasteiger partial charge is 0.268 e. The number of pyridine rings is 1. The summed E-state index contributed by atoms with van der Waals surface area (Å²) in [6.45, 7) is 0. The Morgan fingerprint density at radius 3 is 2.28 bits per heavy atom. The van der Waals surface area contributed by atoms with Gasteiger partial charge < -0.3 is 0 Å². The molecular formula is C18H11ClN2O3S. The van der Waals surface area contributed by atoms with E-state index >= 15 is 0 Å². The van der Waals surface area contributed by atoms with Gasteiger partial charge in [-0.3, -0.25) is 4.79 Å². The monoisotopic (exact) mass is 370 g/mol. The number of hydrogen-bond acceptors (Lipinski definition) is 4. The van der Waals surface area contributed by atoms with Crippen molar-refractivity contribution in [3.8, 4) is 11.3 Å². The Kier molecular flexibility index (Phi) is 3.59. The quantitative estimate of drug-likeness (QED) is 0.644. The summed E-state index contributed by atoms with van der Waals surface area (Å²) in [4.78, 5) is 17.0. The van der Waals surface area contributed by atoms with Gasteiger partial charge in [-0.05, 0) is 24.3 Å². The van der Waals surface area contributed by atoms with E-state index in [9.17, 15) is 13.2 Å². The van der Waals surface area contributed by atoms with Gasteiger partial charge in [-0.15, -0.1) is 0 Å². The first-order chi connectivity index (χ1) is 12.0. The zero-order chi connectivity index (χ0) is 17.6. The van der Waals surface area contributed by atoms with Crippen LogP contribution in [0.1, 0.15) is 10.4 Å². The molecule has 4 rings (SSSR count). The highest BCUT2D eigenvalue weighted by Gasteiger charge is 2.43. The summed E-state index contributed by atoms with van der Waals surface area (Å²) in [6.07, 6.45) is 0. The number of anilines is 1. The van der Waals surface area contributed by atoms with Crippen LogP contribution in [-0.2, 0) is 10.0 Å². The molecule has 0 bridgehead atoms. The summed E-state index contributed by atoms with van der Waals surface area (Å²) >= 11 is 6.01. The van der Waals surface area contributed by atoms with Gasteiger partial charge >= 0.3 is 0 Å². The maximum Gasteiger partial charge on any atom is 0.273 e. The van der Waals surface area contributed by atoms with Gasteiger partial charge in [-0.1, -0.05) is 54.1 Å². The summed E-state index contributed by atoms with van der Waals surface area (Å²) in [5.74, 6) is -0.600. The second-order valence-corrected chi connectivity index (χ2v) is 7.58. The minimum Gasteiger partial charge on any atom is -0.268 e. The van der Waals surface area contributed by atoms with Gasteiger partial charge in [0.15, 0.2) is 0 Å². The minimum atomic E-state index is -3.99. The summed E-state index contributed by atoms with van der Waals surface area (Å²) in [7, 11) is -3.99. The first-order valence-electron chi connectivity index (χ1n) is 7.41. The molecule has 25 heavy (non-hydrogen) atoms. The summed E-state index contributed by atoms with van der Waals surface area (Å²) in [6, 6.07) is 18.1. The average Bonchev–Trinajstić information content (AvgIpc) is 2.83. The number of halogens is 1. The molecule has 0 saturated heterocycles. The molecule has 1 aliphatic rings. The normalized spacial score (nSPS) is 15.2. The third kappa shape index (κ3) is 2.42. The van der Waals surface area contributed by atoms with Crippen LogP contribution in [-0.4, -0.2) is 19.3 Å². The SMILES string of the molecule is O=C1c2ccccc2S(=O)(=O)N1c1ccc(Cl)nc1-c1ccccc1. The Bertz CT molecular complexity index is 1100. The Hall–Kier alpha value is -2.70. The first-order valence-corrected chi connectivity index (χ1v) is 9.22. The Morgan fingerprint density at radius 2 is 1.56 bits per heavy atom. The van der Waals surface area contributed by atoms with Gasteiger partial charge in [0.1, 0.15) is 10.0 Å². The van der Waals surface area contributed by atoms with E-state index in [1.807, 2.05) is 6.07 Å². The highest BCUT2D eigenvalue weighted by Crippen LogP contribution is 2.39. The van der Waals surface area contributed by atoms with Crippen LogP contribution in [0.4, 0.5) is 5.69 Å². The van der Waals surface area contributed by atoms with Crippen molar-refractivity contribution in [1.82, 2.24) is 4.98 Å². The molecule has 0 radical (unpaired) electrons. The van der Waals surface area contributed by atoms with Crippen molar-refractivity contribution in [1.29, 1.82) is 0 Å². The predicted octanol–water partition coefficient (Wildman–Crippen LogP) is 3.75. The van der Waals surface area contributed by atoms with Gasteiger partial charge in [0.2, 0.25) is 0 Å². The van der Waals surface area contributed by atoms with E-state index in [0.717, 1.165) is 4.31 Å². The molecule has 3 aromatic rings. The lowest BCUT2D eigenvalue weighted by Crippen LogP contribution is -2.30. The average molecular weight is 371 g/mol. The standard InChI is InChI=1S/C18H11ClN2O3S/c19-16-11-10-14(17(20-16)12-6-2-1-3-7-12)21-18(22)13-8-4-5-9-15(13)25(21,23)24/h1-11H. The van der Waals surface area contributed by atoms with E-state index < -0.39 is 15.9 Å². The number of sulfonamides is 1. The molecule has 0 saturated carbocycles. The van der Waals surface area contributed by atoms with Crippen LogP contribution in [0.15, 0.2) is 71.6 Å².